The van der Waals surface area contributed by atoms with E-state index in [1.807, 2.05) is 0 Å². The minimum atomic E-state index is -0.667. The Morgan fingerprint density at radius 2 is 0.750 bits per heavy atom. The molecule has 0 bridgehead atoms. The Bertz CT molecular complexity index is 1260. The van der Waals surface area contributed by atoms with Crippen LogP contribution in [-0.4, -0.2) is 215 Å². The lowest BCUT2D eigenvalue weighted by Crippen LogP contribution is -2.35. The van der Waals surface area contributed by atoms with Crippen LogP contribution in [0.5, 0.6) is 11.8 Å². The highest BCUT2D eigenvalue weighted by atomic mass is 16.7. The van der Waals surface area contributed by atoms with Crippen molar-refractivity contribution < 1.29 is 91.1 Å². The minimum Gasteiger partial charge on any atom is -0.492 e. The monoisotopic (exact) mass is 865 g/mol. The molecule has 1 aliphatic heterocycles. The number of imide groups is 1. The summed E-state index contributed by atoms with van der Waals surface area (Å²) in [6, 6.07) is 2.39. The smallest absolute Gasteiger partial charge is 0.335 e. The SMILES string of the molecule is O=C(CCN1C(=O)C=CC1=O)NCCOCCOCCOCCOCCOCCOCCOCCOCCOCCOCCOCCOCCC(=O)On1c(O)ccc1O. The first-order valence-corrected chi connectivity index (χ1v) is 19.9. The third kappa shape index (κ3) is 28.6. The van der Waals surface area contributed by atoms with Crippen molar-refractivity contribution in [3.63, 3.8) is 0 Å². The number of nitrogens with one attached hydrogen (secondary N) is 1. The third-order valence-corrected chi connectivity index (χ3v) is 7.56. The van der Waals surface area contributed by atoms with Gasteiger partial charge in [0.25, 0.3) is 11.8 Å². The number of rotatable bonds is 43. The van der Waals surface area contributed by atoms with Gasteiger partial charge in [-0.25, -0.2) is 4.79 Å². The summed E-state index contributed by atoms with van der Waals surface area (Å²) in [6.07, 6.45) is 2.36. The Morgan fingerprint density at radius 3 is 1.08 bits per heavy atom. The highest BCUT2D eigenvalue weighted by Gasteiger charge is 2.23. The molecule has 0 saturated heterocycles. The summed E-state index contributed by atoms with van der Waals surface area (Å²) in [6.45, 7) is 10.1. The summed E-state index contributed by atoms with van der Waals surface area (Å²) < 4.78 is 65.8. The van der Waals surface area contributed by atoms with E-state index >= 15 is 0 Å². The van der Waals surface area contributed by atoms with Crippen LogP contribution in [0.15, 0.2) is 24.3 Å². The van der Waals surface area contributed by atoms with Crippen LogP contribution >= 0.6 is 0 Å². The van der Waals surface area contributed by atoms with Crippen molar-refractivity contribution in [1.82, 2.24) is 14.9 Å². The van der Waals surface area contributed by atoms with Crippen LogP contribution in [0.2, 0.25) is 0 Å². The van der Waals surface area contributed by atoms with Gasteiger partial charge in [0, 0.05) is 43.8 Å². The molecular formula is C38H63N3O19. The molecule has 2 heterocycles. The van der Waals surface area contributed by atoms with Crippen molar-refractivity contribution in [2.24, 2.45) is 0 Å². The topological polar surface area (TPSA) is 249 Å². The molecule has 3 N–H and O–H groups in total. The van der Waals surface area contributed by atoms with Gasteiger partial charge in [-0.1, -0.05) is 0 Å². The second-order valence-corrected chi connectivity index (χ2v) is 12.2. The lowest BCUT2D eigenvalue weighted by molar-refractivity contribution is -0.147. The number of carbonyl (C=O) groups is 4. The molecule has 0 aromatic carbocycles. The standard InChI is InChI=1S/C38H63N3O19/c42-33(5-8-40-34(43)1-2-35(40)44)39-7-10-49-12-14-51-16-18-53-20-22-55-24-26-57-28-30-59-32-31-58-29-27-56-25-23-54-21-19-52-17-15-50-13-11-48-9-6-38(47)60-41-36(45)3-4-37(41)46/h1-4,45-46H,5-32H2,(H,39,42). The third-order valence-electron chi connectivity index (χ3n) is 7.56. The van der Waals surface area contributed by atoms with E-state index in [1.54, 1.807) is 0 Å². The molecule has 1 aliphatic rings. The summed E-state index contributed by atoms with van der Waals surface area (Å²) in [4.78, 5) is 52.2. The Balaban J connectivity index is 1.14. The van der Waals surface area contributed by atoms with Crippen molar-refractivity contribution >= 4 is 23.7 Å². The van der Waals surface area contributed by atoms with E-state index in [0.29, 0.717) is 157 Å². The molecule has 1 aromatic rings. The zero-order valence-electron chi connectivity index (χ0n) is 34.3. The maximum Gasteiger partial charge on any atom is 0.335 e. The summed E-state index contributed by atoms with van der Waals surface area (Å²) in [5.41, 5.74) is 0. The zero-order valence-corrected chi connectivity index (χ0v) is 34.3. The average molecular weight is 866 g/mol. The van der Waals surface area contributed by atoms with Gasteiger partial charge < -0.3 is 77.2 Å². The minimum absolute atomic E-state index is 0.0436. The molecule has 60 heavy (non-hydrogen) atoms. The van der Waals surface area contributed by atoms with Crippen molar-refractivity contribution in [3.8, 4) is 11.8 Å². The number of amides is 3. The van der Waals surface area contributed by atoms with Crippen LogP contribution in [0.25, 0.3) is 0 Å². The van der Waals surface area contributed by atoms with Gasteiger partial charge in [0.15, 0.2) is 0 Å². The molecule has 1 aromatic heterocycles. The second kappa shape index (κ2) is 37.0. The summed E-state index contributed by atoms with van der Waals surface area (Å²) in [5.74, 6) is -2.51. The normalized spacial score (nSPS) is 12.6. The van der Waals surface area contributed by atoms with E-state index in [2.05, 4.69) is 5.32 Å². The first-order chi connectivity index (χ1) is 29.4. The van der Waals surface area contributed by atoms with Gasteiger partial charge in [0.1, 0.15) is 0 Å². The predicted molar refractivity (Wildman–Crippen MR) is 207 cm³/mol. The fraction of sp³-hybridized carbons (Fsp3) is 0.737. The molecular weight excluding hydrogens is 802 g/mol. The average Bonchev–Trinajstić information content (AvgIpc) is 3.74. The molecule has 2 rings (SSSR count). The van der Waals surface area contributed by atoms with Gasteiger partial charge >= 0.3 is 5.97 Å². The van der Waals surface area contributed by atoms with Crippen LogP contribution in [0, 0.1) is 0 Å². The van der Waals surface area contributed by atoms with Gasteiger partial charge in [-0.05, 0) is 0 Å². The maximum absolute atomic E-state index is 11.8. The Hall–Kier alpha value is -3.78. The number of aromatic nitrogens is 1. The van der Waals surface area contributed by atoms with Crippen LogP contribution in [0.4, 0.5) is 0 Å². The molecule has 344 valence electrons. The molecule has 3 amide bonds. The molecule has 22 heteroatoms. The largest absolute Gasteiger partial charge is 0.492 e. The van der Waals surface area contributed by atoms with E-state index in [-0.39, 0.29) is 50.3 Å². The van der Waals surface area contributed by atoms with E-state index in [1.165, 1.54) is 24.3 Å². The maximum atomic E-state index is 11.8. The van der Waals surface area contributed by atoms with Crippen molar-refractivity contribution in [2.45, 2.75) is 12.8 Å². The Morgan fingerprint density at radius 1 is 0.450 bits per heavy atom. The van der Waals surface area contributed by atoms with Gasteiger partial charge in [0.2, 0.25) is 17.7 Å². The number of carbonyl (C=O) groups excluding carboxylic acids is 4. The molecule has 22 nitrogen and oxygen atoms in total. The fourth-order valence-corrected chi connectivity index (χ4v) is 4.54. The summed E-state index contributed by atoms with van der Waals surface area (Å²) >= 11 is 0. The lowest BCUT2D eigenvalue weighted by Gasteiger charge is -2.13. The van der Waals surface area contributed by atoms with Gasteiger partial charge in [-0.15, -0.1) is 4.73 Å². The van der Waals surface area contributed by atoms with Crippen LogP contribution in [0.3, 0.4) is 0 Å². The first-order valence-electron chi connectivity index (χ1n) is 19.9. The second-order valence-electron chi connectivity index (χ2n) is 12.2. The number of ether oxygens (including phenoxy) is 12. The van der Waals surface area contributed by atoms with Gasteiger partial charge in [-0.2, -0.15) is 0 Å². The molecule has 0 atom stereocenters. The fourth-order valence-electron chi connectivity index (χ4n) is 4.54. The van der Waals surface area contributed by atoms with Crippen molar-refractivity contribution in [3.05, 3.63) is 24.3 Å². The molecule has 0 aliphatic carbocycles. The first kappa shape index (κ1) is 52.4. The van der Waals surface area contributed by atoms with Gasteiger partial charge in [0.05, 0.1) is 165 Å². The number of nitrogens with zero attached hydrogens (tertiary/aromatic N) is 2. The van der Waals surface area contributed by atoms with E-state index in [0.717, 1.165) is 4.90 Å². The number of hydrogen-bond acceptors (Lipinski definition) is 19. The zero-order chi connectivity index (χ0) is 43.1. The van der Waals surface area contributed by atoms with Crippen LogP contribution in [0.1, 0.15) is 12.8 Å². The van der Waals surface area contributed by atoms with Crippen LogP contribution in [-0.2, 0) is 76.0 Å². The summed E-state index contributed by atoms with van der Waals surface area (Å²) in [7, 11) is 0. The van der Waals surface area contributed by atoms with E-state index in [9.17, 15) is 29.4 Å². The molecule has 0 saturated carbocycles. The van der Waals surface area contributed by atoms with E-state index in [4.69, 9.17) is 61.7 Å². The lowest BCUT2D eigenvalue weighted by atomic mass is 10.3. The number of aromatic hydroxyl groups is 2. The quantitative estimate of drug-likeness (QED) is 0.0519. The Labute approximate surface area is 350 Å². The van der Waals surface area contributed by atoms with Gasteiger partial charge in [-0.3, -0.25) is 19.3 Å². The highest BCUT2D eigenvalue weighted by Crippen LogP contribution is 2.18. The molecule has 0 unspecified atom stereocenters. The van der Waals surface area contributed by atoms with Crippen molar-refractivity contribution in [2.75, 3.05) is 172 Å². The van der Waals surface area contributed by atoms with E-state index < -0.39 is 17.8 Å². The van der Waals surface area contributed by atoms with Crippen LogP contribution < -0.4 is 10.2 Å². The van der Waals surface area contributed by atoms with Crippen molar-refractivity contribution in [1.29, 1.82) is 0 Å². The Kier molecular flexibility index (Phi) is 32.3. The molecule has 0 fully saturated rings. The number of hydrogen-bond donors (Lipinski definition) is 3. The summed E-state index contributed by atoms with van der Waals surface area (Å²) in [5, 5.41) is 21.5. The molecule has 0 spiro atoms. The highest BCUT2D eigenvalue weighted by molar-refractivity contribution is 6.13. The predicted octanol–water partition coefficient (Wildman–Crippen LogP) is -1.12. The molecule has 0 radical (unpaired) electrons.